The second-order valence-corrected chi connectivity index (χ2v) is 7.96. The largest absolute Gasteiger partial charge is 0.461 e. The second-order valence-electron chi connectivity index (χ2n) is 6.95. The zero-order valence-electron chi connectivity index (χ0n) is 14.2. The molecule has 1 aliphatic rings. The third-order valence-electron chi connectivity index (χ3n) is 4.91. The highest BCUT2D eigenvalue weighted by Gasteiger charge is 2.61. The molecule has 1 saturated carbocycles. The fraction of sp³-hybridized carbons (Fsp3) is 0.286. The molecule has 2 nitrogen and oxygen atoms in total. The van der Waals surface area contributed by atoms with Crippen molar-refractivity contribution in [3.63, 3.8) is 0 Å². The van der Waals surface area contributed by atoms with Crippen LogP contribution in [0.5, 0.6) is 0 Å². The molecule has 3 rings (SSSR count). The van der Waals surface area contributed by atoms with Crippen molar-refractivity contribution in [3.05, 3.63) is 70.7 Å². The Bertz CT molecular complexity index is 775. The molecular weight excluding hydrogens is 355 g/mol. The lowest BCUT2D eigenvalue weighted by Crippen LogP contribution is -2.10. The van der Waals surface area contributed by atoms with Crippen LogP contribution in [-0.2, 0) is 16.1 Å². The number of benzene rings is 2. The van der Waals surface area contributed by atoms with E-state index in [1.54, 1.807) is 6.08 Å². The van der Waals surface area contributed by atoms with Gasteiger partial charge < -0.3 is 4.74 Å². The van der Waals surface area contributed by atoms with Crippen molar-refractivity contribution < 1.29 is 9.53 Å². The lowest BCUT2D eigenvalue weighted by molar-refractivity contribution is -0.147. The number of ether oxygens (including phenoxy) is 1. The van der Waals surface area contributed by atoms with Crippen molar-refractivity contribution >= 4 is 29.2 Å². The Labute approximate surface area is 158 Å². The predicted octanol–water partition coefficient (Wildman–Crippen LogP) is 5.99. The summed E-state index contributed by atoms with van der Waals surface area (Å²) in [6.07, 6.45) is 1.73. The third kappa shape index (κ3) is 4.08. The molecule has 0 heterocycles. The van der Waals surface area contributed by atoms with Gasteiger partial charge in [-0.15, -0.1) is 0 Å². The second kappa shape index (κ2) is 7.23. The van der Waals surface area contributed by atoms with E-state index >= 15 is 0 Å². The molecule has 0 radical (unpaired) electrons. The average molecular weight is 375 g/mol. The molecule has 0 N–H and O–H groups in total. The first-order chi connectivity index (χ1) is 11.9. The molecule has 1 fully saturated rings. The van der Waals surface area contributed by atoms with Crippen LogP contribution in [0.1, 0.15) is 19.4 Å². The normalized spacial score (nSPS) is 20.6. The maximum absolute atomic E-state index is 12.3. The van der Waals surface area contributed by atoms with Crippen molar-refractivity contribution in [1.29, 1.82) is 0 Å². The van der Waals surface area contributed by atoms with E-state index in [1.807, 2.05) is 56.3 Å². The van der Waals surface area contributed by atoms with E-state index < -0.39 is 0 Å². The van der Waals surface area contributed by atoms with E-state index in [1.165, 1.54) is 5.56 Å². The van der Waals surface area contributed by atoms with Crippen molar-refractivity contribution in [1.82, 2.24) is 0 Å². The molecule has 2 atom stereocenters. The van der Waals surface area contributed by atoms with Crippen molar-refractivity contribution in [2.24, 2.45) is 17.3 Å². The zero-order chi connectivity index (χ0) is 18.0. The fourth-order valence-corrected chi connectivity index (χ4v) is 3.51. The van der Waals surface area contributed by atoms with Crippen molar-refractivity contribution in [3.8, 4) is 11.1 Å². The quantitative estimate of drug-likeness (QED) is 0.600. The molecule has 130 valence electrons. The lowest BCUT2D eigenvalue weighted by Gasteiger charge is -2.07. The molecule has 1 aliphatic carbocycles. The first kappa shape index (κ1) is 18.0. The summed E-state index contributed by atoms with van der Waals surface area (Å²) in [6.45, 7) is 4.31. The minimum atomic E-state index is -0.201. The van der Waals surface area contributed by atoms with Crippen LogP contribution >= 0.6 is 23.2 Å². The van der Waals surface area contributed by atoms with Crippen molar-refractivity contribution in [2.75, 3.05) is 0 Å². The monoisotopic (exact) mass is 374 g/mol. The molecular formula is C21H20Cl2O2. The van der Waals surface area contributed by atoms with E-state index in [9.17, 15) is 4.79 Å². The van der Waals surface area contributed by atoms with Gasteiger partial charge in [-0.05, 0) is 34.1 Å². The summed E-state index contributed by atoms with van der Waals surface area (Å²) in [7, 11) is 0. The van der Waals surface area contributed by atoms with E-state index in [-0.39, 0.29) is 34.3 Å². The molecule has 0 spiro atoms. The van der Waals surface area contributed by atoms with Crippen LogP contribution < -0.4 is 0 Å². The summed E-state index contributed by atoms with van der Waals surface area (Å²) in [6, 6.07) is 18.2. The van der Waals surface area contributed by atoms with E-state index in [0.717, 1.165) is 11.1 Å². The van der Waals surface area contributed by atoms with Crippen LogP contribution in [0.25, 0.3) is 11.1 Å². The van der Waals surface area contributed by atoms with Crippen LogP contribution in [0.4, 0.5) is 0 Å². The predicted molar refractivity (Wildman–Crippen MR) is 102 cm³/mol. The van der Waals surface area contributed by atoms with Crippen LogP contribution in [-0.4, -0.2) is 5.97 Å². The van der Waals surface area contributed by atoms with Crippen LogP contribution in [0.2, 0.25) is 0 Å². The molecule has 0 saturated heterocycles. The zero-order valence-corrected chi connectivity index (χ0v) is 15.7. The van der Waals surface area contributed by atoms with E-state index in [0.29, 0.717) is 0 Å². The maximum Gasteiger partial charge on any atom is 0.310 e. The Morgan fingerprint density at radius 2 is 1.64 bits per heavy atom. The molecule has 2 aromatic rings. The first-order valence-corrected chi connectivity index (χ1v) is 8.99. The summed E-state index contributed by atoms with van der Waals surface area (Å²) in [5.74, 6) is -0.359. The molecule has 2 unspecified atom stereocenters. The smallest absolute Gasteiger partial charge is 0.310 e. The van der Waals surface area contributed by atoms with Gasteiger partial charge in [0.25, 0.3) is 0 Å². The number of carbonyl (C=O) groups excluding carboxylic acids is 1. The molecule has 2 aromatic carbocycles. The van der Waals surface area contributed by atoms with Gasteiger partial charge in [0.1, 0.15) is 11.1 Å². The highest BCUT2D eigenvalue weighted by Crippen LogP contribution is 2.60. The molecule has 0 aliphatic heterocycles. The van der Waals surface area contributed by atoms with Gasteiger partial charge in [-0.3, -0.25) is 4.79 Å². The van der Waals surface area contributed by atoms with Gasteiger partial charge in [0.05, 0.1) is 5.92 Å². The Kier molecular flexibility index (Phi) is 5.21. The first-order valence-electron chi connectivity index (χ1n) is 8.23. The minimum Gasteiger partial charge on any atom is -0.461 e. The number of hydrogen-bond acceptors (Lipinski definition) is 2. The highest BCUT2D eigenvalue weighted by molar-refractivity contribution is 6.55. The third-order valence-corrected chi connectivity index (χ3v) is 5.16. The van der Waals surface area contributed by atoms with Crippen molar-refractivity contribution in [2.45, 2.75) is 20.5 Å². The summed E-state index contributed by atoms with van der Waals surface area (Å²) >= 11 is 11.4. The molecule has 25 heavy (non-hydrogen) atoms. The van der Waals surface area contributed by atoms with Crippen LogP contribution in [0.3, 0.4) is 0 Å². The fourth-order valence-electron chi connectivity index (χ4n) is 3.24. The van der Waals surface area contributed by atoms with Gasteiger partial charge in [-0.25, -0.2) is 0 Å². The van der Waals surface area contributed by atoms with Gasteiger partial charge in [0.15, 0.2) is 0 Å². The minimum absolute atomic E-state index is 0.0328. The summed E-state index contributed by atoms with van der Waals surface area (Å²) in [4.78, 5) is 12.3. The van der Waals surface area contributed by atoms with Crippen LogP contribution in [0, 0.1) is 17.3 Å². The van der Waals surface area contributed by atoms with E-state index in [4.69, 9.17) is 27.9 Å². The van der Waals surface area contributed by atoms with Gasteiger partial charge >= 0.3 is 5.97 Å². The molecule has 0 aromatic heterocycles. The molecule has 4 heteroatoms. The maximum atomic E-state index is 12.3. The summed E-state index contributed by atoms with van der Waals surface area (Å²) in [5.41, 5.74) is 3.11. The van der Waals surface area contributed by atoms with E-state index in [2.05, 4.69) is 12.1 Å². The number of rotatable bonds is 5. The average Bonchev–Trinajstić information content (AvgIpc) is 3.13. The molecule has 0 bridgehead atoms. The number of halogens is 2. The van der Waals surface area contributed by atoms with Gasteiger partial charge in [0, 0.05) is 0 Å². The Morgan fingerprint density at radius 3 is 2.24 bits per heavy atom. The number of allylic oxidation sites excluding steroid dienone is 1. The Balaban J connectivity index is 1.59. The Morgan fingerprint density at radius 1 is 1.04 bits per heavy atom. The highest BCUT2D eigenvalue weighted by atomic mass is 35.5. The topological polar surface area (TPSA) is 26.3 Å². The summed E-state index contributed by atoms with van der Waals surface area (Å²) < 4.78 is 5.69. The van der Waals surface area contributed by atoms with Gasteiger partial charge in [0.2, 0.25) is 0 Å². The summed E-state index contributed by atoms with van der Waals surface area (Å²) in [5, 5.41) is 0. The number of hydrogen-bond donors (Lipinski definition) is 0. The molecule has 0 amide bonds. The standard InChI is InChI=1S/C21H20Cl2O2/c1-21(2)17(12-18(22)23)19(21)20(24)25-13-14-8-10-16(11-9-14)15-6-4-3-5-7-15/h3-12,17,19H,13H2,1-2H3. The van der Waals surface area contributed by atoms with Crippen LogP contribution in [0.15, 0.2) is 65.2 Å². The number of carbonyl (C=O) groups is 1. The Hall–Kier alpha value is -1.77. The van der Waals surface area contributed by atoms with Gasteiger partial charge in [-0.2, -0.15) is 0 Å². The van der Waals surface area contributed by atoms with Gasteiger partial charge in [-0.1, -0.05) is 91.6 Å². The lowest BCUT2D eigenvalue weighted by atomic mass is 10.0. The number of esters is 1. The SMILES string of the molecule is CC1(C)C(C=C(Cl)Cl)C1C(=O)OCc1ccc(-c2ccccc2)cc1.